The topological polar surface area (TPSA) is 113 Å². The zero-order valence-electron chi connectivity index (χ0n) is 18.1. The number of benzene rings is 1. The highest BCUT2D eigenvalue weighted by Gasteiger charge is 2.36. The van der Waals surface area contributed by atoms with E-state index in [2.05, 4.69) is 16.3 Å². The molecule has 3 aromatic rings. The van der Waals surface area contributed by atoms with E-state index in [1.807, 2.05) is 46.9 Å². The molecular weight excluding hydrogens is 404 g/mol. The molecule has 0 spiro atoms. The van der Waals surface area contributed by atoms with Crippen LogP contribution in [0, 0.1) is 18.3 Å². The van der Waals surface area contributed by atoms with E-state index in [0.717, 1.165) is 53.7 Å². The summed E-state index contributed by atoms with van der Waals surface area (Å²) < 4.78 is 7.60. The minimum Gasteiger partial charge on any atom is -0.420 e. The number of hydrogen-bond donors (Lipinski definition) is 2. The number of H-pyrrole nitrogens is 1. The lowest BCUT2D eigenvalue weighted by Gasteiger charge is -2.23. The predicted octanol–water partition coefficient (Wildman–Crippen LogP) is 3.29. The van der Waals surface area contributed by atoms with Crippen molar-refractivity contribution in [3.8, 4) is 11.9 Å². The third kappa shape index (κ3) is 3.30. The summed E-state index contributed by atoms with van der Waals surface area (Å²) in [5, 5.41) is 18.0. The number of allylic oxidation sites excluding steroid dienone is 1. The Balaban J connectivity index is 1.60. The van der Waals surface area contributed by atoms with Gasteiger partial charge in [0.1, 0.15) is 18.2 Å². The van der Waals surface area contributed by atoms with Crippen LogP contribution in [0.25, 0.3) is 10.9 Å². The second kappa shape index (κ2) is 8.08. The van der Waals surface area contributed by atoms with E-state index in [1.165, 1.54) is 12.8 Å². The number of amides is 1. The van der Waals surface area contributed by atoms with Crippen molar-refractivity contribution in [3.05, 3.63) is 58.7 Å². The zero-order chi connectivity index (χ0) is 22.2. The number of aryl methyl sites for hydroxylation is 1. The largest absolute Gasteiger partial charge is 0.420 e. The van der Waals surface area contributed by atoms with Gasteiger partial charge in [-0.2, -0.15) is 5.26 Å². The number of hydrogen-bond acceptors (Lipinski definition) is 5. The number of aromatic amines is 1. The molecule has 1 aromatic carbocycles. The Morgan fingerprint density at radius 3 is 2.78 bits per heavy atom. The van der Waals surface area contributed by atoms with Gasteiger partial charge in [0.2, 0.25) is 17.7 Å². The van der Waals surface area contributed by atoms with Crippen LogP contribution in [0.5, 0.6) is 5.88 Å². The number of aromatic nitrogens is 3. The Labute approximate surface area is 186 Å². The average molecular weight is 431 g/mol. The smallest absolute Gasteiger partial charge is 0.244 e. The average Bonchev–Trinajstić information content (AvgIpc) is 3.20. The Kier molecular flexibility index (Phi) is 5.10. The van der Waals surface area contributed by atoms with Crippen molar-refractivity contribution in [3.63, 3.8) is 0 Å². The molecule has 0 radical (unpaired) electrons. The standard InChI is InChI=1S/C24H26N6O2/c1-15-21-22(17(12-25)23(26)32-24(21)28-27-15)18-13-30(19-9-5-4-8-16(18)19)14-20(31)29-10-6-2-3-7-11-29/h4-5,8-9,13,22H,2-3,6-7,10-11,14,26H2,1H3,(H,27,28)/t22-/m1/s1. The Morgan fingerprint density at radius 2 is 2.03 bits per heavy atom. The van der Waals surface area contributed by atoms with Gasteiger partial charge >= 0.3 is 0 Å². The van der Waals surface area contributed by atoms with Gasteiger partial charge in [-0.25, -0.2) is 0 Å². The summed E-state index contributed by atoms with van der Waals surface area (Å²) in [6.45, 7) is 3.81. The van der Waals surface area contributed by atoms with Crippen LogP contribution in [0.1, 0.15) is 48.4 Å². The number of fused-ring (bicyclic) bond motifs is 2. The van der Waals surface area contributed by atoms with Crippen LogP contribution in [0.4, 0.5) is 0 Å². The Hall–Kier alpha value is -3.73. The summed E-state index contributed by atoms with van der Waals surface area (Å²) in [7, 11) is 0. The quantitative estimate of drug-likeness (QED) is 0.662. The maximum absolute atomic E-state index is 13.1. The van der Waals surface area contributed by atoms with E-state index in [4.69, 9.17) is 10.5 Å². The zero-order valence-corrected chi connectivity index (χ0v) is 18.1. The van der Waals surface area contributed by atoms with Crippen LogP contribution >= 0.6 is 0 Å². The molecule has 0 bridgehead atoms. The Bertz CT molecular complexity index is 1250. The molecule has 0 saturated carbocycles. The lowest BCUT2D eigenvalue weighted by molar-refractivity contribution is -0.131. The first kappa shape index (κ1) is 20.2. The first-order chi connectivity index (χ1) is 15.6. The maximum atomic E-state index is 13.1. The number of nitrogens with two attached hydrogens (primary N) is 1. The molecule has 0 aliphatic carbocycles. The van der Waals surface area contributed by atoms with Gasteiger partial charge in [-0.3, -0.25) is 9.89 Å². The van der Waals surface area contributed by atoms with Gasteiger partial charge in [-0.05, 0) is 31.4 Å². The van der Waals surface area contributed by atoms with Crippen LogP contribution in [-0.2, 0) is 11.3 Å². The molecule has 164 valence electrons. The van der Waals surface area contributed by atoms with Gasteiger partial charge in [0.25, 0.3) is 0 Å². The summed E-state index contributed by atoms with van der Waals surface area (Å²) in [6.07, 6.45) is 6.47. The monoisotopic (exact) mass is 430 g/mol. The number of para-hydroxylation sites is 1. The van der Waals surface area contributed by atoms with Gasteiger partial charge in [0.15, 0.2) is 0 Å². The van der Waals surface area contributed by atoms with Crippen molar-refractivity contribution in [1.29, 1.82) is 5.26 Å². The second-order valence-electron chi connectivity index (χ2n) is 8.52. The van der Waals surface area contributed by atoms with Gasteiger partial charge in [-0.15, -0.1) is 5.10 Å². The lowest BCUT2D eigenvalue weighted by atomic mass is 9.84. The van der Waals surface area contributed by atoms with E-state index in [-0.39, 0.29) is 18.3 Å². The van der Waals surface area contributed by atoms with Crippen molar-refractivity contribution in [2.24, 2.45) is 5.73 Å². The molecule has 1 fully saturated rings. The molecule has 5 rings (SSSR count). The molecule has 32 heavy (non-hydrogen) atoms. The van der Waals surface area contributed by atoms with Gasteiger partial charge in [0.05, 0.1) is 5.92 Å². The molecule has 0 unspecified atom stereocenters. The number of nitrogens with one attached hydrogen (secondary N) is 1. The van der Waals surface area contributed by atoms with Crippen LogP contribution in [0.2, 0.25) is 0 Å². The normalized spacial score (nSPS) is 18.8. The maximum Gasteiger partial charge on any atom is 0.244 e. The molecular formula is C24H26N6O2. The SMILES string of the molecule is Cc1[nH]nc2c1[C@@H](c1cn(CC(=O)N3CCCCCC3)c3ccccc13)C(C#N)=C(N)O2. The van der Waals surface area contributed by atoms with Crippen molar-refractivity contribution >= 4 is 16.8 Å². The van der Waals surface area contributed by atoms with Gasteiger partial charge in [0, 0.05) is 41.4 Å². The van der Waals surface area contributed by atoms with Crippen LogP contribution in [0.3, 0.4) is 0 Å². The van der Waals surface area contributed by atoms with E-state index in [9.17, 15) is 10.1 Å². The Morgan fingerprint density at radius 1 is 1.28 bits per heavy atom. The molecule has 1 atom stereocenters. The number of likely N-dealkylation sites (tertiary alicyclic amines) is 1. The number of carbonyl (C=O) groups excluding carboxylic acids is 1. The van der Waals surface area contributed by atoms with Crippen LogP contribution in [0.15, 0.2) is 41.9 Å². The van der Waals surface area contributed by atoms with Crippen LogP contribution in [-0.4, -0.2) is 38.7 Å². The number of carbonyl (C=O) groups is 1. The number of ether oxygens (including phenoxy) is 1. The third-order valence-electron chi connectivity index (χ3n) is 6.52. The minimum atomic E-state index is -0.415. The first-order valence-electron chi connectivity index (χ1n) is 11.1. The van der Waals surface area contributed by atoms with E-state index >= 15 is 0 Å². The van der Waals surface area contributed by atoms with E-state index in [1.54, 1.807) is 0 Å². The molecule has 3 N–H and O–H groups in total. The van der Waals surface area contributed by atoms with Gasteiger partial charge in [-0.1, -0.05) is 31.0 Å². The number of nitriles is 1. The summed E-state index contributed by atoms with van der Waals surface area (Å²) in [5.74, 6) is 0.166. The molecule has 2 aromatic heterocycles. The fourth-order valence-electron chi connectivity index (χ4n) is 4.91. The molecule has 2 aliphatic rings. The number of rotatable bonds is 3. The fourth-order valence-corrected chi connectivity index (χ4v) is 4.91. The predicted molar refractivity (Wildman–Crippen MR) is 120 cm³/mol. The van der Waals surface area contributed by atoms with Crippen molar-refractivity contribution in [2.75, 3.05) is 13.1 Å². The van der Waals surface area contributed by atoms with E-state index in [0.29, 0.717) is 11.5 Å². The van der Waals surface area contributed by atoms with Gasteiger partial charge < -0.3 is 19.9 Å². The second-order valence-corrected chi connectivity index (χ2v) is 8.52. The van der Waals surface area contributed by atoms with Crippen molar-refractivity contribution in [1.82, 2.24) is 19.7 Å². The highest BCUT2D eigenvalue weighted by Crippen LogP contribution is 2.45. The summed E-state index contributed by atoms with van der Waals surface area (Å²) in [5.41, 5.74) is 9.94. The first-order valence-corrected chi connectivity index (χ1v) is 11.1. The van der Waals surface area contributed by atoms with Crippen molar-refractivity contribution < 1.29 is 9.53 Å². The molecule has 2 aliphatic heterocycles. The molecule has 1 saturated heterocycles. The third-order valence-corrected chi connectivity index (χ3v) is 6.52. The highest BCUT2D eigenvalue weighted by atomic mass is 16.5. The highest BCUT2D eigenvalue weighted by molar-refractivity contribution is 5.88. The lowest BCUT2D eigenvalue weighted by Crippen LogP contribution is -2.34. The summed E-state index contributed by atoms with van der Waals surface area (Å²) >= 11 is 0. The minimum absolute atomic E-state index is 0.0639. The number of nitrogens with zero attached hydrogens (tertiary/aromatic N) is 4. The van der Waals surface area contributed by atoms with Crippen LogP contribution < -0.4 is 10.5 Å². The summed E-state index contributed by atoms with van der Waals surface area (Å²) in [4.78, 5) is 15.1. The fraction of sp³-hybridized carbons (Fsp3) is 0.375. The summed E-state index contributed by atoms with van der Waals surface area (Å²) in [6, 6.07) is 10.2. The van der Waals surface area contributed by atoms with E-state index < -0.39 is 5.92 Å². The molecule has 8 heteroatoms. The molecule has 1 amide bonds. The van der Waals surface area contributed by atoms with Crippen molar-refractivity contribution in [2.45, 2.75) is 45.1 Å². The molecule has 8 nitrogen and oxygen atoms in total. The molecule has 4 heterocycles.